The lowest BCUT2D eigenvalue weighted by atomic mass is 9.76. The van der Waals surface area contributed by atoms with E-state index in [-0.39, 0.29) is 36.8 Å². The van der Waals surface area contributed by atoms with Crippen LogP contribution in [0.4, 0.5) is 10.5 Å². The zero-order chi connectivity index (χ0) is 24.5. The van der Waals surface area contributed by atoms with Gasteiger partial charge in [-0.05, 0) is 30.0 Å². The number of hydrogen-bond donors (Lipinski definition) is 1. The van der Waals surface area contributed by atoms with Crippen molar-refractivity contribution in [2.75, 3.05) is 13.2 Å². The van der Waals surface area contributed by atoms with Gasteiger partial charge in [-0.3, -0.25) is 14.9 Å². The Labute approximate surface area is 199 Å². The Morgan fingerprint density at radius 1 is 1.38 bits per heavy atom. The number of esters is 1. The molecule has 11 nitrogen and oxygen atoms in total. The van der Waals surface area contributed by atoms with Crippen LogP contribution in [0.15, 0.2) is 46.5 Å². The number of carbonyl (C=O) groups is 3. The molecule has 0 aromatic heterocycles. The van der Waals surface area contributed by atoms with Gasteiger partial charge in [-0.25, -0.2) is 9.59 Å². The SMILES string of the molecule is CC(=O)NC=CSC1=C(C(=O)OCc2ccc([N+](=O)[O-])cc2)N2CC(C3(C)COC(=O)O3)C2C1. The summed E-state index contributed by atoms with van der Waals surface area (Å²) in [5, 5.41) is 15.1. The van der Waals surface area contributed by atoms with Crippen molar-refractivity contribution in [3.63, 3.8) is 0 Å². The van der Waals surface area contributed by atoms with Crippen molar-refractivity contribution >= 4 is 35.5 Å². The molecule has 1 amide bonds. The minimum absolute atomic E-state index is 0.0196. The van der Waals surface area contributed by atoms with Gasteiger partial charge in [0.2, 0.25) is 5.91 Å². The third kappa shape index (κ3) is 4.72. The van der Waals surface area contributed by atoms with Crippen LogP contribution in [0.1, 0.15) is 25.8 Å². The van der Waals surface area contributed by atoms with Gasteiger partial charge in [-0.1, -0.05) is 11.8 Å². The second-order valence-corrected chi connectivity index (χ2v) is 9.38. The largest absolute Gasteiger partial charge is 0.509 e. The number of benzene rings is 1. The molecule has 0 radical (unpaired) electrons. The second-order valence-electron chi connectivity index (χ2n) is 8.38. The Balaban J connectivity index is 1.46. The molecule has 2 saturated heterocycles. The van der Waals surface area contributed by atoms with E-state index in [1.165, 1.54) is 49.2 Å². The first kappa shape index (κ1) is 23.6. The van der Waals surface area contributed by atoms with Gasteiger partial charge in [0.05, 0.1) is 4.92 Å². The smallest absolute Gasteiger partial charge is 0.456 e. The Hall–Kier alpha value is -3.54. The Morgan fingerprint density at radius 2 is 2.12 bits per heavy atom. The minimum atomic E-state index is -0.766. The van der Waals surface area contributed by atoms with Crippen molar-refractivity contribution < 1.29 is 33.5 Å². The molecule has 3 aliphatic heterocycles. The first-order chi connectivity index (χ1) is 16.2. The number of ether oxygens (including phenoxy) is 3. The fourth-order valence-corrected chi connectivity index (χ4v) is 5.15. The number of carbonyl (C=O) groups excluding carboxylic acids is 3. The lowest BCUT2D eigenvalue weighted by molar-refractivity contribution is -0.384. The van der Waals surface area contributed by atoms with E-state index in [2.05, 4.69) is 5.32 Å². The summed E-state index contributed by atoms with van der Waals surface area (Å²) >= 11 is 1.31. The zero-order valence-corrected chi connectivity index (χ0v) is 19.3. The molecule has 0 saturated carbocycles. The molecule has 3 unspecified atom stereocenters. The number of cyclic esters (lactones) is 2. The summed E-state index contributed by atoms with van der Waals surface area (Å²) in [4.78, 5) is 48.7. The molecule has 0 spiro atoms. The summed E-state index contributed by atoms with van der Waals surface area (Å²) in [6.45, 7) is 3.84. The number of non-ortho nitro benzene ring substituents is 1. The van der Waals surface area contributed by atoms with Gasteiger partial charge in [0, 0.05) is 55.1 Å². The quantitative estimate of drug-likeness (QED) is 0.330. The number of hydrogen-bond acceptors (Lipinski definition) is 10. The first-order valence-electron chi connectivity index (χ1n) is 10.5. The number of nitrogens with zero attached hydrogens (tertiary/aromatic N) is 2. The molecule has 4 rings (SSSR count). The second kappa shape index (κ2) is 9.37. The maximum absolute atomic E-state index is 13.0. The molecule has 12 heteroatoms. The monoisotopic (exact) mass is 489 g/mol. The van der Waals surface area contributed by atoms with Crippen LogP contribution in [0.3, 0.4) is 0 Å². The van der Waals surface area contributed by atoms with E-state index in [1.807, 2.05) is 11.8 Å². The summed E-state index contributed by atoms with van der Waals surface area (Å²) in [5.74, 6) is -0.742. The highest BCUT2D eigenvalue weighted by Gasteiger charge is 2.59. The van der Waals surface area contributed by atoms with Crippen LogP contribution in [0.25, 0.3) is 0 Å². The van der Waals surface area contributed by atoms with Crippen molar-refractivity contribution in [2.45, 2.75) is 38.5 Å². The molecular weight excluding hydrogens is 466 g/mol. The molecule has 3 atom stereocenters. The van der Waals surface area contributed by atoms with Crippen LogP contribution in [0.5, 0.6) is 0 Å². The number of fused-ring (bicyclic) bond motifs is 1. The number of nitro groups is 1. The van der Waals surface area contributed by atoms with Crippen LogP contribution in [-0.2, 0) is 30.4 Å². The van der Waals surface area contributed by atoms with Crippen LogP contribution in [0.2, 0.25) is 0 Å². The van der Waals surface area contributed by atoms with E-state index in [4.69, 9.17) is 14.2 Å². The van der Waals surface area contributed by atoms with E-state index in [0.717, 1.165) is 4.91 Å². The molecule has 3 heterocycles. The fraction of sp³-hybridized carbons (Fsp3) is 0.409. The number of rotatable bonds is 8. The number of nitrogens with one attached hydrogen (secondary N) is 1. The standard InChI is InChI=1S/C22H23N3O8S/c1-13(26)23-7-8-34-18-9-17-16(22(2)12-32-21(28)33-22)10-24(17)19(18)20(27)31-11-14-3-5-15(6-4-14)25(29)30/h3-8,16-17H,9-12H2,1-2H3,(H,23,26). The Bertz CT molecular complexity index is 1090. The van der Waals surface area contributed by atoms with Crippen molar-refractivity contribution in [3.8, 4) is 0 Å². The fourth-order valence-electron chi connectivity index (χ4n) is 4.27. The maximum Gasteiger partial charge on any atom is 0.509 e. The molecule has 34 heavy (non-hydrogen) atoms. The summed E-state index contributed by atoms with van der Waals surface area (Å²) in [5.41, 5.74) is 0.239. The van der Waals surface area contributed by atoms with Gasteiger partial charge in [-0.2, -0.15) is 0 Å². The molecule has 0 bridgehead atoms. The van der Waals surface area contributed by atoms with Crippen molar-refractivity contribution in [1.29, 1.82) is 0 Å². The van der Waals surface area contributed by atoms with Crippen LogP contribution in [-0.4, -0.2) is 52.6 Å². The predicted octanol–water partition coefficient (Wildman–Crippen LogP) is 2.82. The highest BCUT2D eigenvalue weighted by Crippen LogP contribution is 2.50. The first-order valence-corrected chi connectivity index (χ1v) is 11.4. The summed E-state index contributed by atoms with van der Waals surface area (Å²) in [7, 11) is 0. The van der Waals surface area contributed by atoms with E-state index in [0.29, 0.717) is 24.2 Å². The Kier molecular flexibility index (Phi) is 6.51. The molecular formula is C22H23N3O8S. The van der Waals surface area contributed by atoms with Crippen LogP contribution in [0, 0.1) is 16.0 Å². The van der Waals surface area contributed by atoms with Gasteiger partial charge in [-0.15, -0.1) is 0 Å². The topological polar surface area (TPSA) is 137 Å². The molecule has 1 N–H and O–H groups in total. The average molecular weight is 490 g/mol. The summed E-state index contributed by atoms with van der Waals surface area (Å²) in [6.07, 6.45) is 1.36. The summed E-state index contributed by atoms with van der Waals surface area (Å²) in [6, 6.07) is 5.73. The zero-order valence-electron chi connectivity index (χ0n) is 18.5. The van der Waals surface area contributed by atoms with Crippen LogP contribution < -0.4 is 5.32 Å². The van der Waals surface area contributed by atoms with E-state index >= 15 is 0 Å². The minimum Gasteiger partial charge on any atom is -0.456 e. The maximum atomic E-state index is 13.0. The average Bonchev–Trinajstić information content (AvgIpc) is 3.26. The summed E-state index contributed by atoms with van der Waals surface area (Å²) < 4.78 is 15.9. The third-order valence-corrected chi connectivity index (χ3v) is 6.97. The highest BCUT2D eigenvalue weighted by atomic mass is 32.2. The molecule has 2 fully saturated rings. The molecule has 3 aliphatic rings. The van der Waals surface area contributed by atoms with Crippen molar-refractivity contribution in [2.24, 2.45) is 5.92 Å². The molecule has 180 valence electrons. The molecule has 0 aliphatic carbocycles. The lowest BCUT2D eigenvalue weighted by Gasteiger charge is -2.50. The third-order valence-electron chi connectivity index (χ3n) is 6.06. The van der Waals surface area contributed by atoms with Crippen molar-refractivity contribution in [1.82, 2.24) is 10.2 Å². The van der Waals surface area contributed by atoms with Gasteiger partial charge in [0.25, 0.3) is 5.69 Å². The highest BCUT2D eigenvalue weighted by molar-refractivity contribution is 8.05. The normalized spacial score (nSPS) is 25.5. The van der Waals surface area contributed by atoms with Crippen LogP contribution >= 0.6 is 11.8 Å². The Morgan fingerprint density at radius 3 is 2.74 bits per heavy atom. The molecule has 1 aromatic carbocycles. The van der Waals surface area contributed by atoms with Gasteiger partial charge >= 0.3 is 12.1 Å². The number of thioether (sulfide) groups is 1. The van der Waals surface area contributed by atoms with Crippen molar-refractivity contribution in [3.05, 3.63) is 62.2 Å². The molecule has 1 aromatic rings. The van der Waals surface area contributed by atoms with Gasteiger partial charge in [0.1, 0.15) is 18.9 Å². The van der Waals surface area contributed by atoms with Gasteiger partial charge in [0.15, 0.2) is 5.60 Å². The van der Waals surface area contributed by atoms with E-state index < -0.39 is 22.6 Å². The van der Waals surface area contributed by atoms with Gasteiger partial charge < -0.3 is 24.4 Å². The number of amides is 1. The van der Waals surface area contributed by atoms with E-state index in [1.54, 1.807) is 5.41 Å². The number of nitro benzene ring substituents is 1. The van der Waals surface area contributed by atoms with E-state index in [9.17, 15) is 24.5 Å². The lowest BCUT2D eigenvalue weighted by Crippen LogP contribution is -2.62. The predicted molar refractivity (Wildman–Crippen MR) is 120 cm³/mol.